The second-order valence-corrected chi connectivity index (χ2v) is 1.72. The van der Waals surface area contributed by atoms with Crippen molar-refractivity contribution in [2.24, 2.45) is 0 Å². The van der Waals surface area contributed by atoms with E-state index in [-0.39, 0.29) is 12.2 Å². The smallest absolute Gasteiger partial charge is 0.151 e. The van der Waals surface area contributed by atoms with Crippen molar-refractivity contribution in [1.82, 2.24) is 0 Å². The first kappa shape index (κ1) is 6.16. The van der Waals surface area contributed by atoms with Crippen molar-refractivity contribution in [2.45, 2.75) is 12.2 Å². The van der Waals surface area contributed by atoms with E-state index >= 15 is 0 Å². The van der Waals surface area contributed by atoms with Crippen LogP contribution in [0.1, 0.15) is 0 Å². The fraction of sp³-hybridized carbons (Fsp3) is 0.333. The van der Waals surface area contributed by atoms with E-state index in [0.717, 1.165) is 6.29 Å². The van der Waals surface area contributed by atoms with Crippen molar-refractivity contribution in [3.8, 4) is 0 Å². The van der Waals surface area contributed by atoms with Gasteiger partial charge in [-0.2, -0.15) is 0 Å². The lowest BCUT2D eigenvalue weighted by Crippen LogP contribution is -1.89. The highest BCUT2D eigenvalue weighted by Gasteiger charge is 2.35. The van der Waals surface area contributed by atoms with Crippen LogP contribution >= 0.6 is 0 Å². The summed E-state index contributed by atoms with van der Waals surface area (Å²) in [6.07, 6.45) is 3.82. The molecule has 0 spiro atoms. The standard InChI is InChI=1S/C6H6O3/c7-3-1-2-5-6(4-8)9-5/h1-6H/b2-1+/t5-,6+/m1/s1. The lowest BCUT2D eigenvalue weighted by Gasteiger charge is -1.68. The molecule has 9 heavy (non-hydrogen) atoms. The normalized spacial score (nSPS) is 32.4. The topological polar surface area (TPSA) is 46.7 Å². The second kappa shape index (κ2) is 2.55. The van der Waals surface area contributed by atoms with Gasteiger partial charge in [-0.15, -0.1) is 0 Å². The Labute approximate surface area is 52.3 Å². The molecule has 1 saturated heterocycles. The summed E-state index contributed by atoms with van der Waals surface area (Å²) in [6.45, 7) is 0. The van der Waals surface area contributed by atoms with Gasteiger partial charge >= 0.3 is 0 Å². The van der Waals surface area contributed by atoms with Crippen LogP contribution < -0.4 is 0 Å². The minimum absolute atomic E-state index is 0.146. The predicted molar refractivity (Wildman–Crippen MR) is 29.9 cm³/mol. The maximum Gasteiger partial charge on any atom is 0.151 e. The summed E-state index contributed by atoms with van der Waals surface area (Å²) >= 11 is 0. The van der Waals surface area contributed by atoms with E-state index in [9.17, 15) is 9.59 Å². The quantitative estimate of drug-likeness (QED) is 0.296. The van der Waals surface area contributed by atoms with E-state index in [1.165, 1.54) is 6.08 Å². The molecule has 2 atom stereocenters. The number of epoxide rings is 1. The Balaban J connectivity index is 2.26. The number of aldehydes is 2. The molecule has 0 saturated carbocycles. The Morgan fingerprint density at radius 2 is 2.00 bits per heavy atom. The summed E-state index contributed by atoms with van der Waals surface area (Å²) in [5.41, 5.74) is 0. The summed E-state index contributed by atoms with van der Waals surface area (Å²) in [4.78, 5) is 19.6. The first-order valence-corrected chi connectivity index (χ1v) is 2.61. The molecule has 1 aliphatic heterocycles. The molecule has 0 amide bonds. The van der Waals surface area contributed by atoms with Gasteiger partial charge in [-0.3, -0.25) is 4.79 Å². The molecule has 0 aromatic heterocycles. The lowest BCUT2D eigenvalue weighted by atomic mass is 10.3. The van der Waals surface area contributed by atoms with Gasteiger partial charge in [-0.05, 0) is 12.2 Å². The predicted octanol–water partition coefficient (Wildman–Crippen LogP) is -0.292. The average Bonchev–Trinajstić information content (AvgIpc) is 2.62. The third-order valence-corrected chi connectivity index (χ3v) is 1.07. The first-order chi connectivity index (χ1) is 4.38. The Bertz CT molecular complexity index is 150. The Morgan fingerprint density at radius 3 is 2.44 bits per heavy atom. The molecule has 1 heterocycles. The van der Waals surface area contributed by atoms with Gasteiger partial charge in [0.1, 0.15) is 18.5 Å². The fourth-order valence-corrected chi connectivity index (χ4v) is 0.555. The Kier molecular flexibility index (Phi) is 1.75. The van der Waals surface area contributed by atoms with Crippen molar-refractivity contribution < 1.29 is 14.3 Å². The number of ether oxygens (including phenoxy) is 1. The molecule has 3 heteroatoms. The van der Waals surface area contributed by atoms with Crippen LogP contribution in [0.2, 0.25) is 0 Å². The highest BCUT2D eigenvalue weighted by molar-refractivity contribution is 5.67. The largest absolute Gasteiger partial charge is 0.357 e. The van der Waals surface area contributed by atoms with Gasteiger partial charge in [0.25, 0.3) is 0 Å². The molecule has 0 N–H and O–H groups in total. The molecule has 1 fully saturated rings. The molecule has 0 aromatic rings. The minimum Gasteiger partial charge on any atom is -0.357 e. The Hall–Kier alpha value is -0.960. The minimum atomic E-state index is -0.304. The van der Waals surface area contributed by atoms with Gasteiger partial charge in [0.2, 0.25) is 0 Å². The van der Waals surface area contributed by atoms with Crippen LogP contribution in [0, 0.1) is 0 Å². The molecular weight excluding hydrogens is 120 g/mol. The third kappa shape index (κ3) is 1.47. The molecule has 0 radical (unpaired) electrons. The van der Waals surface area contributed by atoms with Crippen molar-refractivity contribution in [3.63, 3.8) is 0 Å². The van der Waals surface area contributed by atoms with Crippen molar-refractivity contribution >= 4 is 12.6 Å². The number of hydrogen-bond acceptors (Lipinski definition) is 3. The van der Waals surface area contributed by atoms with Crippen molar-refractivity contribution in [2.75, 3.05) is 0 Å². The molecule has 0 bridgehead atoms. The number of carbonyl (C=O) groups is 2. The van der Waals surface area contributed by atoms with Gasteiger partial charge in [-0.25, -0.2) is 0 Å². The van der Waals surface area contributed by atoms with Gasteiger partial charge in [0, 0.05) is 0 Å². The molecule has 1 rings (SSSR count). The number of carbonyl (C=O) groups excluding carboxylic acids is 2. The Morgan fingerprint density at radius 1 is 1.22 bits per heavy atom. The van der Waals surface area contributed by atoms with Crippen LogP contribution in [0.15, 0.2) is 12.2 Å². The summed E-state index contributed by atoms with van der Waals surface area (Å²) in [5.74, 6) is 0. The number of allylic oxidation sites excluding steroid dienone is 1. The molecule has 1 aliphatic rings. The lowest BCUT2D eigenvalue weighted by molar-refractivity contribution is -0.109. The van der Waals surface area contributed by atoms with Crippen molar-refractivity contribution in [3.05, 3.63) is 12.2 Å². The zero-order chi connectivity index (χ0) is 6.69. The second-order valence-electron chi connectivity index (χ2n) is 1.72. The highest BCUT2D eigenvalue weighted by Crippen LogP contribution is 2.20. The highest BCUT2D eigenvalue weighted by atomic mass is 16.6. The van der Waals surface area contributed by atoms with E-state index < -0.39 is 0 Å². The average molecular weight is 126 g/mol. The van der Waals surface area contributed by atoms with Gasteiger partial charge in [0.05, 0.1) is 0 Å². The maximum atomic E-state index is 9.89. The fourth-order valence-electron chi connectivity index (χ4n) is 0.555. The van der Waals surface area contributed by atoms with Crippen LogP contribution in [0.5, 0.6) is 0 Å². The number of hydrogen-bond donors (Lipinski definition) is 0. The van der Waals surface area contributed by atoms with E-state index in [4.69, 9.17) is 4.74 Å². The molecular formula is C6H6O3. The summed E-state index contributed by atoms with van der Waals surface area (Å²) < 4.78 is 4.75. The van der Waals surface area contributed by atoms with E-state index in [1.54, 1.807) is 6.08 Å². The maximum absolute atomic E-state index is 9.89. The summed E-state index contributed by atoms with van der Waals surface area (Å²) in [7, 11) is 0. The summed E-state index contributed by atoms with van der Waals surface area (Å²) in [5, 5.41) is 0. The van der Waals surface area contributed by atoms with Crippen LogP contribution in [0.3, 0.4) is 0 Å². The van der Waals surface area contributed by atoms with Gasteiger partial charge in [0.15, 0.2) is 6.29 Å². The summed E-state index contributed by atoms with van der Waals surface area (Å²) in [6, 6.07) is 0. The van der Waals surface area contributed by atoms with E-state index in [1.807, 2.05) is 0 Å². The monoisotopic (exact) mass is 126 g/mol. The molecule has 0 aliphatic carbocycles. The third-order valence-electron chi connectivity index (χ3n) is 1.07. The van der Waals surface area contributed by atoms with Crippen molar-refractivity contribution in [1.29, 1.82) is 0 Å². The van der Waals surface area contributed by atoms with Crippen LogP contribution in [-0.2, 0) is 14.3 Å². The van der Waals surface area contributed by atoms with E-state index in [0.29, 0.717) is 6.29 Å². The molecule has 0 aromatic carbocycles. The molecule has 0 unspecified atom stereocenters. The first-order valence-electron chi connectivity index (χ1n) is 2.61. The zero-order valence-electron chi connectivity index (χ0n) is 4.69. The number of rotatable bonds is 3. The van der Waals surface area contributed by atoms with Crippen LogP contribution in [-0.4, -0.2) is 24.8 Å². The van der Waals surface area contributed by atoms with Crippen LogP contribution in [0.4, 0.5) is 0 Å². The van der Waals surface area contributed by atoms with E-state index in [2.05, 4.69) is 0 Å². The van der Waals surface area contributed by atoms with Gasteiger partial charge < -0.3 is 9.53 Å². The van der Waals surface area contributed by atoms with Crippen LogP contribution in [0.25, 0.3) is 0 Å². The molecule has 48 valence electrons. The van der Waals surface area contributed by atoms with Gasteiger partial charge in [-0.1, -0.05) is 0 Å². The SMILES string of the molecule is O=C/C=C/[C@H]1O[C@H]1C=O. The zero-order valence-corrected chi connectivity index (χ0v) is 4.69. The molecule has 3 nitrogen and oxygen atoms in total.